The van der Waals surface area contributed by atoms with Crippen LogP contribution in [0.5, 0.6) is 11.5 Å². The molecule has 0 aliphatic carbocycles. The molecule has 0 atom stereocenters. The van der Waals surface area contributed by atoms with Crippen molar-refractivity contribution in [1.82, 2.24) is 0 Å². The van der Waals surface area contributed by atoms with E-state index >= 15 is 0 Å². The van der Waals surface area contributed by atoms with Gasteiger partial charge in [-0.2, -0.15) is 0 Å². The van der Waals surface area contributed by atoms with Crippen molar-refractivity contribution in [3.63, 3.8) is 0 Å². The van der Waals surface area contributed by atoms with E-state index in [2.05, 4.69) is 5.32 Å². The number of nitrogens with one attached hydrogen (secondary N) is 1. The zero-order valence-corrected chi connectivity index (χ0v) is 12.7. The summed E-state index contributed by atoms with van der Waals surface area (Å²) in [6.07, 6.45) is 3.13. The van der Waals surface area contributed by atoms with Gasteiger partial charge in [0.25, 0.3) is 0 Å². The lowest BCUT2D eigenvalue weighted by molar-refractivity contribution is -0.111. The first kappa shape index (κ1) is 15.6. The number of benzene rings is 2. The molecule has 0 aromatic heterocycles. The van der Waals surface area contributed by atoms with Crippen LogP contribution in [0.4, 0.5) is 5.69 Å². The summed E-state index contributed by atoms with van der Waals surface area (Å²) < 4.78 is 5.36. The monoisotopic (exact) mass is 297 g/mol. The molecule has 0 aliphatic rings. The number of phenols is 1. The van der Waals surface area contributed by atoms with E-state index in [0.29, 0.717) is 12.3 Å². The summed E-state index contributed by atoms with van der Waals surface area (Å²) >= 11 is 0. The fourth-order valence-electron chi connectivity index (χ4n) is 1.94. The van der Waals surface area contributed by atoms with Gasteiger partial charge >= 0.3 is 0 Å². The third-order valence-electron chi connectivity index (χ3n) is 3.03. The lowest BCUT2D eigenvalue weighted by Crippen LogP contribution is -2.07. The van der Waals surface area contributed by atoms with Crippen LogP contribution < -0.4 is 10.1 Å². The Bertz CT molecular complexity index is 675. The van der Waals surface area contributed by atoms with Gasteiger partial charge in [-0.05, 0) is 55.3 Å². The van der Waals surface area contributed by atoms with Crippen LogP contribution in [0.3, 0.4) is 0 Å². The molecule has 4 heteroatoms. The standard InChI is InChI=1S/C18H19NO3/c1-3-22-15-8-5-14(6-9-15)7-11-18(21)19-16-10-4-13(2)12-17(16)20/h4-12,20H,3H2,1-2H3,(H,19,21)/b11-7+. The van der Waals surface area contributed by atoms with E-state index in [4.69, 9.17) is 4.74 Å². The van der Waals surface area contributed by atoms with Crippen molar-refractivity contribution in [2.45, 2.75) is 13.8 Å². The van der Waals surface area contributed by atoms with Crippen molar-refractivity contribution in [2.75, 3.05) is 11.9 Å². The predicted octanol–water partition coefficient (Wildman–Crippen LogP) is 3.75. The van der Waals surface area contributed by atoms with Crippen molar-refractivity contribution in [3.05, 3.63) is 59.7 Å². The number of aryl methyl sites for hydroxylation is 1. The number of ether oxygens (including phenoxy) is 1. The molecule has 0 saturated heterocycles. The summed E-state index contributed by atoms with van der Waals surface area (Å²) in [5, 5.41) is 12.4. The van der Waals surface area contributed by atoms with Gasteiger partial charge in [0.15, 0.2) is 0 Å². The summed E-state index contributed by atoms with van der Waals surface area (Å²) in [5.41, 5.74) is 2.22. The first-order valence-corrected chi connectivity index (χ1v) is 7.10. The van der Waals surface area contributed by atoms with Crippen LogP contribution in [0.15, 0.2) is 48.5 Å². The van der Waals surface area contributed by atoms with E-state index in [0.717, 1.165) is 16.9 Å². The molecular weight excluding hydrogens is 278 g/mol. The Morgan fingerprint density at radius 1 is 1.23 bits per heavy atom. The molecule has 2 aromatic carbocycles. The normalized spacial score (nSPS) is 10.6. The number of phenolic OH excluding ortho intramolecular Hbond substituents is 1. The van der Waals surface area contributed by atoms with Gasteiger partial charge in [0.2, 0.25) is 5.91 Å². The fourth-order valence-corrected chi connectivity index (χ4v) is 1.94. The topological polar surface area (TPSA) is 58.6 Å². The van der Waals surface area contributed by atoms with Gasteiger partial charge in [0, 0.05) is 6.08 Å². The minimum atomic E-state index is -0.298. The number of hydrogen-bond acceptors (Lipinski definition) is 3. The number of anilines is 1. The summed E-state index contributed by atoms with van der Waals surface area (Å²) in [5.74, 6) is 0.560. The Morgan fingerprint density at radius 3 is 2.59 bits per heavy atom. The van der Waals surface area contributed by atoms with E-state index in [1.165, 1.54) is 6.08 Å². The maximum absolute atomic E-state index is 11.9. The van der Waals surface area contributed by atoms with Crippen LogP contribution in [-0.4, -0.2) is 17.6 Å². The second-order valence-electron chi connectivity index (χ2n) is 4.85. The fraction of sp³-hybridized carbons (Fsp3) is 0.167. The molecular formula is C18H19NO3. The van der Waals surface area contributed by atoms with Crippen molar-refractivity contribution in [1.29, 1.82) is 0 Å². The predicted molar refractivity (Wildman–Crippen MR) is 88.1 cm³/mol. The number of carbonyl (C=O) groups excluding carboxylic acids is 1. The van der Waals surface area contributed by atoms with E-state index in [9.17, 15) is 9.90 Å². The first-order valence-electron chi connectivity index (χ1n) is 7.10. The van der Waals surface area contributed by atoms with Crippen LogP contribution in [0.25, 0.3) is 6.08 Å². The third-order valence-corrected chi connectivity index (χ3v) is 3.03. The molecule has 4 nitrogen and oxygen atoms in total. The molecule has 1 amide bonds. The average molecular weight is 297 g/mol. The molecule has 0 fully saturated rings. The molecule has 2 N–H and O–H groups in total. The molecule has 0 unspecified atom stereocenters. The summed E-state index contributed by atoms with van der Waals surface area (Å²) in [4.78, 5) is 11.9. The van der Waals surface area contributed by atoms with Crippen LogP contribution in [0.2, 0.25) is 0 Å². The zero-order chi connectivity index (χ0) is 15.9. The highest BCUT2D eigenvalue weighted by Gasteiger charge is 2.03. The maximum Gasteiger partial charge on any atom is 0.248 e. The van der Waals surface area contributed by atoms with Gasteiger partial charge in [-0.1, -0.05) is 18.2 Å². The largest absolute Gasteiger partial charge is 0.506 e. The van der Waals surface area contributed by atoms with Gasteiger partial charge in [0.05, 0.1) is 12.3 Å². The molecule has 22 heavy (non-hydrogen) atoms. The van der Waals surface area contributed by atoms with Gasteiger partial charge in [-0.25, -0.2) is 0 Å². The summed E-state index contributed by atoms with van der Waals surface area (Å²) in [6, 6.07) is 12.6. The number of amides is 1. The molecule has 0 spiro atoms. The lowest BCUT2D eigenvalue weighted by atomic mass is 10.2. The Labute approximate surface area is 130 Å². The summed E-state index contributed by atoms with van der Waals surface area (Å²) in [6.45, 7) is 4.42. The van der Waals surface area contributed by atoms with Crippen LogP contribution in [0.1, 0.15) is 18.1 Å². The molecule has 2 rings (SSSR count). The van der Waals surface area contributed by atoms with Crippen LogP contribution in [0, 0.1) is 6.92 Å². The third kappa shape index (κ3) is 4.38. The first-order chi connectivity index (χ1) is 10.6. The van der Waals surface area contributed by atoms with Crippen molar-refractivity contribution in [2.24, 2.45) is 0 Å². The molecule has 0 aliphatic heterocycles. The number of rotatable bonds is 5. The molecule has 0 bridgehead atoms. The van der Waals surface area contributed by atoms with Gasteiger partial charge < -0.3 is 15.2 Å². The molecule has 114 valence electrons. The Balaban J connectivity index is 1.98. The number of carbonyl (C=O) groups is 1. The Hall–Kier alpha value is -2.75. The van der Waals surface area contributed by atoms with Crippen LogP contribution >= 0.6 is 0 Å². The molecule has 2 aromatic rings. The minimum absolute atomic E-state index is 0.0582. The van der Waals surface area contributed by atoms with E-state index in [1.54, 1.807) is 18.2 Å². The van der Waals surface area contributed by atoms with E-state index in [1.807, 2.05) is 44.2 Å². The van der Waals surface area contributed by atoms with Crippen LogP contribution in [-0.2, 0) is 4.79 Å². The summed E-state index contributed by atoms with van der Waals surface area (Å²) in [7, 11) is 0. The second-order valence-corrected chi connectivity index (χ2v) is 4.85. The highest BCUT2D eigenvalue weighted by molar-refractivity contribution is 6.02. The van der Waals surface area contributed by atoms with Gasteiger partial charge in [-0.3, -0.25) is 4.79 Å². The Morgan fingerprint density at radius 2 is 1.95 bits per heavy atom. The lowest BCUT2D eigenvalue weighted by Gasteiger charge is -2.05. The Kier molecular flexibility index (Phi) is 5.20. The SMILES string of the molecule is CCOc1ccc(/C=C/C(=O)Nc2ccc(C)cc2O)cc1. The van der Waals surface area contributed by atoms with Gasteiger partial charge in [-0.15, -0.1) is 0 Å². The second kappa shape index (κ2) is 7.31. The molecule has 0 heterocycles. The smallest absolute Gasteiger partial charge is 0.248 e. The molecule has 0 saturated carbocycles. The zero-order valence-electron chi connectivity index (χ0n) is 12.7. The number of aromatic hydroxyl groups is 1. The quantitative estimate of drug-likeness (QED) is 0.652. The highest BCUT2D eigenvalue weighted by Crippen LogP contribution is 2.23. The van der Waals surface area contributed by atoms with E-state index in [-0.39, 0.29) is 11.7 Å². The molecule has 0 radical (unpaired) electrons. The van der Waals surface area contributed by atoms with E-state index < -0.39 is 0 Å². The maximum atomic E-state index is 11.9. The number of hydrogen-bond donors (Lipinski definition) is 2. The highest BCUT2D eigenvalue weighted by atomic mass is 16.5. The van der Waals surface area contributed by atoms with Crippen molar-refractivity contribution in [3.8, 4) is 11.5 Å². The van der Waals surface area contributed by atoms with Gasteiger partial charge in [0.1, 0.15) is 11.5 Å². The van der Waals surface area contributed by atoms with Crippen molar-refractivity contribution >= 4 is 17.7 Å². The minimum Gasteiger partial charge on any atom is -0.506 e. The van der Waals surface area contributed by atoms with Crippen molar-refractivity contribution < 1.29 is 14.6 Å². The average Bonchev–Trinajstić information content (AvgIpc) is 2.50.